The van der Waals surface area contributed by atoms with Crippen molar-refractivity contribution in [1.82, 2.24) is 15.3 Å². The SMILES string of the molecule is CCc1[nH]nc(C(=O)N(C)OC)c1N. The Labute approximate surface area is 82.0 Å². The third-order valence-corrected chi connectivity index (χ3v) is 2.00. The Kier molecular flexibility index (Phi) is 3.08. The van der Waals surface area contributed by atoms with Gasteiger partial charge in [-0.3, -0.25) is 14.7 Å². The van der Waals surface area contributed by atoms with Crippen LogP contribution in [0.2, 0.25) is 0 Å². The van der Waals surface area contributed by atoms with Crippen molar-refractivity contribution in [3.8, 4) is 0 Å². The molecule has 1 amide bonds. The van der Waals surface area contributed by atoms with Gasteiger partial charge in [-0.05, 0) is 6.42 Å². The molecule has 0 spiro atoms. The van der Waals surface area contributed by atoms with E-state index in [0.717, 1.165) is 10.8 Å². The number of nitrogens with one attached hydrogen (secondary N) is 1. The number of hydroxylamine groups is 2. The maximum atomic E-state index is 11.6. The van der Waals surface area contributed by atoms with Crippen molar-refractivity contribution < 1.29 is 9.63 Å². The second-order valence-corrected chi connectivity index (χ2v) is 2.80. The average Bonchev–Trinajstić information content (AvgIpc) is 2.57. The molecule has 0 aromatic carbocycles. The molecule has 14 heavy (non-hydrogen) atoms. The number of anilines is 1. The molecular weight excluding hydrogens is 184 g/mol. The van der Waals surface area contributed by atoms with E-state index in [2.05, 4.69) is 10.2 Å². The second kappa shape index (κ2) is 4.10. The molecule has 0 aliphatic carbocycles. The maximum absolute atomic E-state index is 11.6. The quantitative estimate of drug-likeness (QED) is 0.679. The third-order valence-electron chi connectivity index (χ3n) is 2.00. The number of hydrogen-bond donors (Lipinski definition) is 2. The summed E-state index contributed by atoms with van der Waals surface area (Å²) in [5, 5.41) is 7.62. The van der Waals surface area contributed by atoms with E-state index in [1.54, 1.807) is 0 Å². The number of H-pyrrole nitrogens is 1. The van der Waals surface area contributed by atoms with Crippen molar-refractivity contribution in [2.45, 2.75) is 13.3 Å². The number of nitrogens with two attached hydrogens (primary N) is 1. The fourth-order valence-electron chi connectivity index (χ4n) is 1.05. The molecule has 0 radical (unpaired) electrons. The molecule has 6 heteroatoms. The smallest absolute Gasteiger partial charge is 0.299 e. The molecule has 6 nitrogen and oxygen atoms in total. The summed E-state index contributed by atoms with van der Waals surface area (Å²) >= 11 is 0. The lowest BCUT2D eigenvalue weighted by Crippen LogP contribution is -2.26. The normalized spacial score (nSPS) is 10.2. The Hall–Kier alpha value is -1.56. The van der Waals surface area contributed by atoms with Crippen LogP contribution in [0.5, 0.6) is 0 Å². The molecule has 1 heterocycles. The Morgan fingerprint density at radius 1 is 1.71 bits per heavy atom. The highest BCUT2D eigenvalue weighted by molar-refractivity contribution is 5.96. The maximum Gasteiger partial charge on any atom is 0.299 e. The van der Waals surface area contributed by atoms with Gasteiger partial charge in [0.1, 0.15) is 0 Å². The standard InChI is InChI=1S/C8H14N4O2/c1-4-5-6(9)7(11-10-5)8(13)12(2)14-3/h4,9H2,1-3H3,(H,10,11). The molecule has 1 rings (SSSR count). The number of nitrogen functional groups attached to an aromatic ring is 1. The van der Waals surface area contributed by atoms with Crippen molar-refractivity contribution in [2.24, 2.45) is 0 Å². The predicted molar refractivity (Wildman–Crippen MR) is 51.5 cm³/mol. The first-order valence-electron chi connectivity index (χ1n) is 4.26. The summed E-state index contributed by atoms with van der Waals surface area (Å²) in [5.74, 6) is -0.360. The zero-order valence-electron chi connectivity index (χ0n) is 8.50. The minimum Gasteiger partial charge on any atom is -0.395 e. The van der Waals surface area contributed by atoms with E-state index in [4.69, 9.17) is 10.6 Å². The van der Waals surface area contributed by atoms with Crippen molar-refractivity contribution >= 4 is 11.6 Å². The molecule has 3 N–H and O–H groups in total. The van der Waals surface area contributed by atoms with Crippen LogP contribution in [-0.4, -0.2) is 35.3 Å². The van der Waals surface area contributed by atoms with Crippen LogP contribution in [-0.2, 0) is 11.3 Å². The lowest BCUT2D eigenvalue weighted by Gasteiger charge is -2.11. The number of amides is 1. The van der Waals surface area contributed by atoms with Crippen LogP contribution in [0.15, 0.2) is 0 Å². The lowest BCUT2D eigenvalue weighted by molar-refractivity contribution is -0.0759. The number of nitrogens with zero attached hydrogens (tertiary/aromatic N) is 2. The monoisotopic (exact) mass is 198 g/mol. The van der Waals surface area contributed by atoms with Crippen LogP contribution < -0.4 is 5.73 Å². The number of aromatic amines is 1. The van der Waals surface area contributed by atoms with Gasteiger partial charge in [-0.25, -0.2) is 5.06 Å². The van der Waals surface area contributed by atoms with Crippen LogP contribution in [0.25, 0.3) is 0 Å². The Morgan fingerprint density at radius 3 is 2.79 bits per heavy atom. The van der Waals surface area contributed by atoms with Gasteiger partial charge in [0, 0.05) is 7.05 Å². The van der Waals surface area contributed by atoms with E-state index in [0.29, 0.717) is 12.1 Å². The van der Waals surface area contributed by atoms with E-state index < -0.39 is 0 Å². The minimum absolute atomic E-state index is 0.200. The molecule has 1 aromatic rings. The van der Waals surface area contributed by atoms with Gasteiger partial charge in [0.25, 0.3) is 5.91 Å². The zero-order chi connectivity index (χ0) is 10.7. The van der Waals surface area contributed by atoms with Gasteiger partial charge >= 0.3 is 0 Å². The minimum atomic E-state index is -0.360. The van der Waals surface area contributed by atoms with Gasteiger partial charge in [-0.2, -0.15) is 5.10 Å². The highest BCUT2D eigenvalue weighted by atomic mass is 16.7. The van der Waals surface area contributed by atoms with Gasteiger partial charge in [0.2, 0.25) is 0 Å². The van der Waals surface area contributed by atoms with Crippen LogP contribution in [0.4, 0.5) is 5.69 Å². The molecule has 78 valence electrons. The van der Waals surface area contributed by atoms with E-state index in [-0.39, 0.29) is 11.6 Å². The van der Waals surface area contributed by atoms with Gasteiger partial charge in [0.15, 0.2) is 5.69 Å². The first-order valence-corrected chi connectivity index (χ1v) is 4.26. The number of carbonyl (C=O) groups excluding carboxylic acids is 1. The van der Waals surface area contributed by atoms with E-state index in [1.165, 1.54) is 14.2 Å². The second-order valence-electron chi connectivity index (χ2n) is 2.80. The molecule has 0 saturated heterocycles. The highest BCUT2D eigenvalue weighted by Crippen LogP contribution is 2.15. The zero-order valence-corrected chi connectivity index (χ0v) is 8.50. The molecule has 0 unspecified atom stereocenters. The van der Waals surface area contributed by atoms with Crippen LogP contribution in [0.3, 0.4) is 0 Å². The van der Waals surface area contributed by atoms with E-state index in [1.807, 2.05) is 6.92 Å². The van der Waals surface area contributed by atoms with Gasteiger partial charge in [0.05, 0.1) is 18.5 Å². The number of rotatable bonds is 3. The largest absolute Gasteiger partial charge is 0.395 e. The molecule has 0 aliphatic rings. The summed E-state index contributed by atoms with van der Waals surface area (Å²) in [7, 11) is 2.91. The highest BCUT2D eigenvalue weighted by Gasteiger charge is 2.19. The Morgan fingerprint density at radius 2 is 2.36 bits per heavy atom. The van der Waals surface area contributed by atoms with Crippen molar-refractivity contribution in [2.75, 3.05) is 19.9 Å². The summed E-state index contributed by atoms with van der Waals surface area (Å²) in [5.41, 5.74) is 7.06. The van der Waals surface area contributed by atoms with Crippen molar-refractivity contribution in [1.29, 1.82) is 0 Å². The predicted octanol–water partition coefficient (Wildman–Crippen LogP) is 0.188. The molecular formula is C8H14N4O2. The van der Waals surface area contributed by atoms with Crippen LogP contribution in [0.1, 0.15) is 23.1 Å². The molecule has 0 fully saturated rings. The summed E-state index contributed by atoms with van der Waals surface area (Å²) in [6, 6.07) is 0. The Balaban J connectivity index is 2.96. The molecule has 0 atom stereocenters. The molecule has 0 saturated carbocycles. The van der Waals surface area contributed by atoms with E-state index in [9.17, 15) is 4.79 Å². The summed E-state index contributed by atoms with van der Waals surface area (Å²) in [6.45, 7) is 1.93. The average molecular weight is 198 g/mol. The first kappa shape index (κ1) is 10.5. The lowest BCUT2D eigenvalue weighted by atomic mass is 10.2. The number of aryl methyl sites for hydroxylation is 1. The van der Waals surface area contributed by atoms with Crippen LogP contribution >= 0.6 is 0 Å². The van der Waals surface area contributed by atoms with Gasteiger partial charge in [-0.1, -0.05) is 6.92 Å². The first-order chi connectivity index (χ1) is 6.61. The van der Waals surface area contributed by atoms with Crippen LogP contribution in [0, 0.1) is 0 Å². The molecule has 1 aromatic heterocycles. The van der Waals surface area contributed by atoms with E-state index >= 15 is 0 Å². The number of hydrogen-bond acceptors (Lipinski definition) is 4. The van der Waals surface area contributed by atoms with Gasteiger partial charge in [-0.15, -0.1) is 0 Å². The summed E-state index contributed by atoms with van der Waals surface area (Å²) in [4.78, 5) is 16.3. The fourth-order valence-corrected chi connectivity index (χ4v) is 1.05. The molecule has 0 bridgehead atoms. The fraction of sp³-hybridized carbons (Fsp3) is 0.500. The van der Waals surface area contributed by atoms with Crippen molar-refractivity contribution in [3.63, 3.8) is 0 Å². The Bertz CT molecular complexity index is 334. The molecule has 0 aliphatic heterocycles. The summed E-state index contributed by atoms with van der Waals surface area (Å²) in [6.07, 6.45) is 0.711. The van der Waals surface area contributed by atoms with Gasteiger partial charge < -0.3 is 5.73 Å². The summed E-state index contributed by atoms with van der Waals surface area (Å²) < 4.78 is 0. The number of aromatic nitrogens is 2. The third kappa shape index (κ3) is 1.69. The van der Waals surface area contributed by atoms with Crippen molar-refractivity contribution in [3.05, 3.63) is 11.4 Å². The topological polar surface area (TPSA) is 84.2 Å². The number of carbonyl (C=O) groups is 1.